The minimum absolute atomic E-state index is 0.0742. The van der Waals surface area contributed by atoms with Crippen LogP contribution < -0.4 is 10.1 Å². The lowest BCUT2D eigenvalue weighted by Gasteiger charge is -2.10. The molecule has 0 spiro atoms. The number of aromatic nitrogens is 3. The van der Waals surface area contributed by atoms with E-state index in [-0.39, 0.29) is 11.7 Å². The van der Waals surface area contributed by atoms with Gasteiger partial charge < -0.3 is 14.6 Å². The van der Waals surface area contributed by atoms with E-state index < -0.39 is 0 Å². The summed E-state index contributed by atoms with van der Waals surface area (Å²) in [6.07, 6.45) is 0. The van der Waals surface area contributed by atoms with Crippen molar-refractivity contribution >= 4 is 45.9 Å². The minimum Gasteiger partial charge on any atom is -0.486 e. The molecule has 1 heterocycles. The third-order valence-electron chi connectivity index (χ3n) is 4.48. The van der Waals surface area contributed by atoms with Crippen LogP contribution in [0.5, 0.6) is 5.75 Å². The Bertz CT molecular complexity index is 972. The SMILES string of the molecule is CCn1c(COc2ccc(C(C)C)cc2)nnc1SCC(=O)Nc1ccc(I)cc1. The van der Waals surface area contributed by atoms with Crippen LogP contribution in [0.25, 0.3) is 0 Å². The van der Waals surface area contributed by atoms with Gasteiger partial charge in [0.05, 0.1) is 5.75 Å². The maximum atomic E-state index is 12.2. The summed E-state index contributed by atoms with van der Waals surface area (Å²) in [5.41, 5.74) is 2.07. The van der Waals surface area contributed by atoms with Crippen LogP contribution in [0.15, 0.2) is 53.7 Å². The van der Waals surface area contributed by atoms with Crippen molar-refractivity contribution in [2.45, 2.75) is 45.0 Å². The molecule has 6 nitrogen and oxygen atoms in total. The number of amides is 1. The van der Waals surface area contributed by atoms with Crippen LogP contribution in [-0.2, 0) is 17.9 Å². The molecule has 30 heavy (non-hydrogen) atoms. The Labute approximate surface area is 195 Å². The van der Waals surface area contributed by atoms with Gasteiger partial charge in [-0.1, -0.05) is 37.7 Å². The van der Waals surface area contributed by atoms with Crippen molar-refractivity contribution < 1.29 is 9.53 Å². The minimum atomic E-state index is -0.0742. The number of halogens is 1. The Morgan fingerprint density at radius 1 is 1.13 bits per heavy atom. The van der Waals surface area contributed by atoms with E-state index in [0.29, 0.717) is 24.2 Å². The largest absolute Gasteiger partial charge is 0.486 e. The van der Waals surface area contributed by atoms with Gasteiger partial charge in [0.15, 0.2) is 11.0 Å². The van der Waals surface area contributed by atoms with Gasteiger partial charge in [-0.3, -0.25) is 4.79 Å². The molecule has 0 radical (unpaired) electrons. The summed E-state index contributed by atoms with van der Waals surface area (Å²) in [6.45, 7) is 7.40. The second-order valence-electron chi connectivity index (χ2n) is 7.00. The Hall–Kier alpha value is -2.07. The first kappa shape index (κ1) is 22.6. The molecule has 1 aromatic heterocycles. The summed E-state index contributed by atoms with van der Waals surface area (Å²) in [5.74, 6) is 2.23. The van der Waals surface area contributed by atoms with Gasteiger partial charge in [0.2, 0.25) is 5.91 Å². The fraction of sp³-hybridized carbons (Fsp3) is 0.318. The van der Waals surface area contributed by atoms with Gasteiger partial charge >= 0.3 is 0 Å². The number of carbonyl (C=O) groups is 1. The zero-order chi connectivity index (χ0) is 21.5. The van der Waals surface area contributed by atoms with Crippen molar-refractivity contribution in [2.24, 2.45) is 0 Å². The van der Waals surface area contributed by atoms with Crippen LogP contribution in [0, 0.1) is 3.57 Å². The molecule has 0 atom stereocenters. The van der Waals surface area contributed by atoms with Crippen LogP contribution in [0.4, 0.5) is 5.69 Å². The Morgan fingerprint density at radius 2 is 1.83 bits per heavy atom. The van der Waals surface area contributed by atoms with E-state index in [1.165, 1.54) is 17.3 Å². The average Bonchev–Trinajstić information content (AvgIpc) is 3.14. The number of benzene rings is 2. The predicted molar refractivity (Wildman–Crippen MR) is 129 cm³/mol. The number of anilines is 1. The van der Waals surface area contributed by atoms with Crippen molar-refractivity contribution in [3.8, 4) is 5.75 Å². The van der Waals surface area contributed by atoms with E-state index in [2.05, 4.69) is 64.1 Å². The first-order valence-electron chi connectivity index (χ1n) is 9.79. The van der Waals surface area contributed by atoms with Gasteiger partial charge in [-0.15, -0.1) is 10.2 Å². The van der Waals surface area contributed by atoms with Gasteiger partial charge in [0.25, 0.3) is 0 Å². The molecule has 0 bridgehead atoms. The monoisotopic (exact) mass is 536 g/mol. The van der Waals surface area contributed by atoms with Crippen LogP contribution in [-0.4, -0.2) is 26.4 Å². The second-order valence-corrected chi connectivity index (χ2v) is 9.19. The predicted octanol–water partition coefficient (Wildman–Crippen LogP) is 5.34. The van der Waals surface area contributed by atoms with Gasteiger partial charge in [0.1, 0.15) is 12.4 Å². The van der Waals surface area contributed by atoms with E-state index in [1.807, 2.05) is 47.9 Å². The number of nitrogens with one attached hydrogen (secondary N) is 1. The molecule has 0 unspecified atom stereocenters. The molecule has 158 valence electrons. The molecular formula is C22H25IN4O2S. The molecule has 0 aliphatic heterocycles. The summed E-state index contributed by atoms with van der Waals surface area (Å²) in [7, 11) is 0. The third-order valence-corrected chi connectivity index (χ3v) is 6.17. The molecule has 2 aromatic carbocycles. The quantitative estimate of drug-likeness (QED) is 0.296. The molecule has 1 N–H and O–H groups in total. The topological polar surface area (TPSA) is 69.0 Å². The highest BCUT2D eigenvalue weighted by Gasteiger charge is 2.14. The first-order chi connectivity index (χ1) is 14.5. The maximum absolute atomic E-state index is 12.2. The Kier molecular flexibility index (Phi) is 8.15. The summed E-state index contributed by atoms with van der Waals surface area (Å²) in [5, 5.41) is 12.1. The average molecular weight is 536 g/mol. The van der Waals surface area contributed by atoms with Crippen LogP contribution in [0.1, 0.15) is 38.1 Å². The molecule has 3 rings (SSSR count). The summed E-state index contributed by atoms with van der Waals surface area (Å²) >= 11 is 3.60. The molecule has 3 aromatic rings. The molecular weight excluding hydrogens is 511 g/mol. The standard InChI is InChI=1S/C22H25IN4O2S/c1-4-27-20(13-29-19-11-5-16(6-12-19)15(2)3)25-26-22(27)30-14-21(28)24-18-9-7-17(23)8-10-18/h5-12,15H,4,13-14H2,1-3H3,(H,24,28). The summed E-state index contributed by atoms with van der Waals surface area (Å²) < 4.78 is 8.99. The Morgan fingerprint density at radius 3 is 2.47 bits per heavy atom. The fourth-order valence-electron chi connectivity index (χ4n) is 2.81. The molecule has 0 fully saturated rings. The third kappa shape index (κ3) is 6.21. The van der Waals surface area contributed by atoms with Gasteiger partial charge in [-0.2, -0.15) is 0 Å². The van der Waals surface area contributed by atoms with Gasteiger partial charge in [-0.05, 0) is 77.4 Å². The van der Waals surface area contributed by atoms with Crippen molar-refractivity contribution in [2.75, 3.05) is 11.1 Å². The van der Waals surface area contributed by atoms with Crippen LogP contribution >= 0.6 is 34.4 Å². The van der Waals surface area contributed by atoms with Crippen molar-refractivity contribution in [3.05, 3.63) is 63.5 Å². The fourth-order valence-corrected chi connectivity index (χ4v) is 3.99. The number of ether oxygens (including phenoxy) is 1. The molecule has 8 heteroatoms. The van der Waals surface area contributed by atoms with Crippen molar-refractivity contribution in [1.29, 1.82) is 0 Å². The first-order valence-corrected chi connectivity index (χ1v) is 11.9. The highest BCUT2D eigenvalue weighted by Crippen LogP contribution is 2.21. The Balaban J connectivity index is 1.55. The second kappa shape index (κ2) is 10.8. The number of nitrogens with zero attached hydrogens (tertiary/aromatic N) is 3. The zero-order valence-corrected chi connectivity index (χ0v) is 20.2. The lowest BCUT2D eigenvalue weighted by Crippen LogP contribution is -2.15. The highest BCUT2D eigenvalue weighted by atomic mass is 127. The number of thioether (sulfide) groups is 1. The van der Waals surface area contributed by atoms with Gasteiger partial charge in [0, 0.05) is 15.8 Å². The lowest BCUT2D eigenvalue weighted by atomic mass is 10.0. The van der Waals surface area contributed by atoms with E-state index in [4.69, 9.17) is 4.74 Å². The number of hydrogen-bond acceptors (Lipinski definition) is 5. The van der Waals surface area contributed by atoms with E-state index in [0.717, 1.165) is 20.8 Å². The molecule has 0 aliphatic rings. The molecule has 1 amide bonds. The van der Waals surface area contributed by atoms with Gasteiger partial charge in [-0.25, -0.2) is 0 Å². The number of rotatable bonds is 9. The lowest BCUT2D eigenvalue weighted by molar-refractivity contribution is -0.113. The van der Waals surface area contributed by atoms with Crippen LogP contribution in [0.2, 0.25) is 0 Å². The molecule has 0 saturated heterocycles. The highest BCUT2D eigenvalue weighted by molar-refractivity contribution is 14.1. The summed E-state index contributed by atoms with van der Waals surface area (Å²) in [6, 6.07) is 15.8. The van der Waals surface area contributed by atoms with E-state index in [1.54, 1.807) is 0 Å². The zero-order valence-electron chi connectivity index (χ0n) is 17.3. The molecule has 0 saturated carbocycles. The normalized spacial score (nSPS) is 11.0. The number of hydrogen-bond donors (Lipinski definition) is 1. The van der Waals surface area contributed by atoms with Crippen molar-refractivity contribution in [3.63, 3.8) is 0 Å². The van der Waals surface area contributed by atoms with E-state index in [9.17, 15) is 4.79 Å². The number of carbonyl (C=O) groups excluding carboxylic acids is 1. The maximum Gasteiger partial charge on any atom is 0.234 e. The summed E-state index contributed by atoms with van der Waals surface area (Å²) in [4.78, 5) is 12.2. The van der Waals surface area contributed by atoms with Crippen molar-refractivity contribution in [1.82, 2.24) is 14.8 Å². The van der Waals surface area contributed by atoms with Crippen LogP contribution in [0.3, 0.4) is 0 Å². The van der Waals surface area contributed by atoms with E-state index >= 15 is 0 Å². The molecule has 0 aliphatic carbocycles. The smallest absolute Gasteiger partial charge is 0.234 e.